The Morgan fingerprint density at radius 2 is 2.21 bits per heavy atom. The number of rotatable bonds is 6. The maximum Gasteiger partial charge on any atom is 0.272 e. The standard InChI is InChI=1S/C14H20N2O3/c1-11-12(4-2-7-14(11)16(18)19)10-15(8-9-17)13-5-3-6-13/h2,4,7,13,17H,3,5-6,8-10H2,1H3. The Hall–Kier alpha value is -1.46. The molecule has 0 unspecified atom stereocenters. The van der Waals surface area contributed by atoms with Gasteiger partial charge in [-0.1, -0.05) is 18.6 Å². The van der Waals surface area contributed by atoms with Crippen LogP contribution in [0.1, 0.15) is 30.4 Å². The topological polar surface area (TPSA) is 66.6 Å². The number of nitrogens with zero attached hydrogens (tertiary/aromatic N) is 2. The highest BCUT2D eigenvalue weighted by Crippen LogP contribution is 2.28. The van der Waals surface area contributed by atoms with Crippen molar-refractivity contribution in [2.45, 2.75) is 38.8 Å². The molecule has 1 aromatic carbocycles. The first kappa shape index (κ1) is 14.0. The molecule has 0 aromatic heterocycles. The summed E-state index contributed by atoms with van der Waals surface area (Å²) < 4.78 is 0. The summed E-state index contributed by atoms with van der Waals surface area (Å²) in [6.45, 7) is 3.24. The molecule has 5 nitrogen and oxygen atoms in total. The monoisotopic (exact) mass is 264 g/mol. The second-order valence-electron chi connectivity index (χ2n) is 5.10. The number of hydrogen-bond acceptors (Lipinski definition) is 4. The molecule has 0 bridgehead atoms. The fourth-order valence-electron chi connectivity index (χ4n) is 2.53. The Balaban J connectivity index is 2.16. The maximum atomic E-state index is 10.9. The van der Waals surface area contributed by atoms with Crippen LogP contribution in [-0.4, -0.2) is 34.1 Å². The third kappa shape index (κ3) is 3.11. The largest absolute Gasteiger partial charge is 0.395 e. The molecule has 1 aliphatic rings. The lowest BCUT2D eigenvalue weighted by atomic mass is 9.91. The van der Waals surface area contributed by atoms with E-state index in [9.17, 15) is 10.1 Å². The summed E-state index contributed by atoms with van der Waals surface area (Å²) >= 11 is 0. The third-order valence-electron chi connectivity index (χ3n) is 3.97. The van der Waals surface area contributed by atoms with Crippen molar-refractivity contribution in [1.82, 2.24) is 4.90 Å². The van der Waals surface area contributed by atoms with E-state index in [1.165, 1.54) is 6.42 Å². The van der Waals surface area contributed by atoms with Crippen LogP contribution in [0.25, 0.3) is 0 Å². The van der Waals surface area contributed by atoms with Crippen molar-refractivity contribution in [2.75, 3.05) is 13.2 Å². The van der Waals surface area contributed by atoms with Crippen molar-refractivity contribution < 1.29 is 10.0 Å². The molecule has 0 amide bonds. The SMILES string of the molecule is Cc1c(CN(CCO)C2CCC2)cccc1[N+](=O)[O-]. The fourth-order valence-corrected chi connectivity index (χ4v) is 2.53. The van der Waals surface area contributed by atoms with Gasteiger partial charge in [0.1, 0.15) is 0 Å². The summed E-state index contributed by atoms with van der Waals surface area (Å²) in [6.07, 6.45) is 3.56. The molecule has 1 aliphatic carbocycles. The predicted molar refractivity (Wildman–Crippen MR) is 73.0 cm³/mol. The predicted octanol–water partition coefficient (Wildman–Crippen LogP) is 2.25. The first-order chi connectivity index (χ1) is 9.13. The Morgan fingerprint density at radius 3 is 2.74 bits per heavy atom. The maximum absolute atomic E-state index is 10.9. The van der Waals surface area contributed by atoms with Crippen LogP contribution < -0.4 is 0 Å². The number of benzene rings is 1. The normalized spacial score (nSPS) is 15.5. The first-order valence-corrected chi connectivity index (χ1v) is 6.71. The summed E-state index contributed by atoms with van der Waals surface area (Å²) in [7, 11) is 0. The van der Waals surface area contributed by atoms with Gasteiger partial charge < -0.3 is 5.11 Å². The Bertz CT molecular complexity index is 458. The van der Waals surface area contributed by atoms with E-state index in [0.717, 1.165) is 24.0 Å². The minimum Gasteiger partial charge on any atom is -0.395 e. The molecule has 1 saturated carbocycles. The van der Waals surface area contributed by atoms with Gasteiger partial charge in [-0.3, -0.25) is 15.0 Å². The zero-order valence-corrected chi connectivity index (χ0v) is 11.2. The molecule has 5 heteroatoms. The molecule has 2 rings (SSSR count). The van der Waals surface area contributed by atoms with E-state index in [1.807, 2.05) is 6.07 Å². The number of aliphatic hydroxyl groups excluding tert-OH is 1. The molecule has 19 heavy (non-hydrogen) atoms. The second kappa shape index (κ2) is 6.12. The quantitative estimate of drug-likeness (QED) is 0.632. The van der Waals surface area contributed by atoms with E-state index in [2.05, 4.69) is 4.90 Å². The van der Waals surface area contributed by atoms with Crippen molar-refractivity contribution in [2.24, 2.45) is 0 Å². The summed E-state index contributed by atoms with van der Waals surface area (Å²) in [6, 6.07) is 5.73. The van der Waals surface area contributed by atoms with Crippen molar-refractivity contribution >= 4 is 5.69 Å². The molecule has 104 valence electrons. The van der Waals surface area contributed by atoms with Crippen LogP contribution in [0.2, 0.25) is 0 Å². The lowest BCUT2D eigenvalue weighted by Gasteiger charge is -2.37. The van der Waals surface area contributed by atoms with E-state index < -0.39 is 0 Å². The van der Waals surface area contributed by atoms with Gasteiger partial charge in [0.05, 0.1) is 11.5 Å². The van der Waals surface area contributed by atoms with Crippen molar-refractivity contribution in [1.29, 1.82) is 0 Å². The zero-order chi connectivity index (χ0) is 13.8. The average molecular weight is 264 g/mol. The van der Waals surface area contributed by atoms with Gasteiger partial charge in [0.25, 0.3) is 5.69 Å². The van der Waals surface area contributed by atoms with E-state index in [0.29, 0.717) is 19.1 Å². The minimum absolute atomic E-state index is 0.129. The van der Waals surface area contributed by atoms with Gasteiger partial charge in [0, 0.05) is 30.8 Å². The highest BCUT2D eigenvalue weighted by Gasteiger charge is 2.25. The van der Waals surface area contributed by atoms with Crippen LogP contribution in [0.3, 0.4) is 0 Å². The van der Waals surface area contributed by atoms with Crippen molar-refractivity contribution in [3.05, 3.63) is 39.4 Å². The van der Waals surface area contributed by atoms with Crippen LogP contribution in [-0.2, 0) is 6.54 Å². The molecule has 0 aliphatic heterocycles. The first-order valence-electron chi connectivity index (χ1n) is 6.71. The average Bonchev–Trinajstić information content (AvgIpc) is 2.29. The molecule has 1 aromatic rings. The van der Waals surface area contributed by atoms with E-state index in [4.69, 9.17) is 5.11 Å². The molecular weight excluding hydrogens is 244 g/mol. The fraction of sp³-hybridized carbons (Fsp3) is 0.571. The second-order valence-corrected chi connectivity index (χ2v) is 5.10. The lowest BCUT2D eigenvalue weighted by Crippen LogP contribution is -2.41. The van der Waals surface area contributed by atoms with Crippen LogP contribution in [0, 0.1) is 17.0 Å². The van der Waals surface area contributed by atoms with Gasteiger partial charge in [-0.25, -0.2) is 0 Å². The summed E-state index contributed by atoms with van der Waals surface area (Å²) in [5.41, 5.74) is 1.89. The summed E-state index contributed by atoms with van der Waals surface area (Å²) in [5, 5.41) is 20.1. The molecule has 0 spiro atoms. The van der Waals surface area contributed by atoms with E-state index >= 15 is 0 Å². The van der Waals surface area contributed by atoms with E-state index in [1.54, 1.807) is 19.1 Å². The Morgan fingerprint density at radius 1 is 1.47 bits per heavy atom. The van der Waals surface area contributed by atoms with Crippen LogP contribution in [0.4, 0.5) is 5.69 Å². The smallest absolute Gasteiger partial charge is 0.272 e. The van der Waals surface area contributed by atoms with Gasteiger partial charge in [-0.2, -0.15) is 0 Å². The number of nitro groups is 1. The molecule has 1 fully saturated rings. The van der Waals surface area contributed by atoms with Gasteiger partial charge in [-0.05, 0) is 25.3 Å². The Labute approximate surface area is 113 Å². The molecule has 0 saturated heterocycles. The van der Waals surface area contributed by atoms with E-state index in [-0.39, 0.29) is 17.2 Å². The van der Waals surface area contributed by atoms with Crippen LogP contribution >= 0.6 is 0 Å². The van der Waals surface area contributed by atoms with Crippen LogP contribution in [0.15, 0.2) is 18.2 Å². The van der Waals surface area contributed by atoms with Gasteiger partial charge in [0.15, 0.2) is 0 Å². The summed E-state index contributed by atoms with van der Waals surface area (Å²) in [5.74, 6) is 0. The lowest BCUT2D eigenvalue weighted by molar-refractivity contribution is -0.385. The van der Waals surface area contributed by atoms with Gasteiger partial charge >= 0.3 is 0 Å². The number of aliphatic hydroxyl groups is 1. The number of nitro benzene ring substituents is 1. The molecule has 0 heterocycles. The third-order valence-corrected chi connectivity index (χ3v) is 3.97. The summed E-state index contributed by atoms with van der Waals surface area (Å²) in [4.78, 5) is 12.8. The van der Waals surface area contributed by atoms with Crippen molar-refractivity contribution in [3.63, 3.8) is 0 Å². The Kier molecular flexibility index (Phi) is 4.50. The highest BCUT2D eigenvalue weighted by molar-refractivity contribution is 5.44. The molecule has 0 radical (unpaired) electrons. The van der Waals surface area contributed by atoms with Crippen LogP contribution in [0.5, 0.6) is 0 Å². The molecular formula is C14H20N2O3. The number of hydrogen-bond donors (Lipinski definition) is 1. The van der Waals surface area contributed by atoms with Crippen molar-refractivity contribution in [3.8, 4) is 0 Å². The molecule has 1 N–H and O–H groups in total. The molecule has 0 atom stereocenters. The van der Waals surface area contributed by atoms with Gasteiger partial charge in [0.2, 0.25) is 0 Å². The van der Waals surface area contributed by atoms with Gasteiger partial charge in [-0.15, -0.1) is 0 Å². The zero-order valence-electron chi connectivity index (χ0n) is 11.2. The minimum atomic E-state index is -0.335. The highest BCUT2D eigenvalue weighted by atomic mass is 16.6.